The smallest absolute Gasteiger partial charge is 0.387 e. The number of halogens is 4. The highest BCUT2D eigenvalue weighted by Crippen LogP contribution is 2.36. The van der Waals surface area contributed by atoms with Gasteiger partial charge in [0.2, 0.25) is 0 Å². The average molecular weight is 467 g/mol. The van der Waals surface area contributed by atoms with Gasteiger partial charge in [-0.3, -0.25) is 4.79 Å². The van der Waals surface area contributed by atoms with Crippen LogP contribution in [0.2, 0.25) is 10.0 Å². The lowest BCUT2D eigenvalue weighted by atomic mass is 9.98. The van der Waals surface area contributed by atoms with E-state index in [1.165, 1.54) is 25.1 Å². The van der Waals surface area contributed by atoms with E-state index in [1.54, 1.807) is 36.4 Å². The summed E-state index contributed by atoms with van der Waals surface area (Å²) in [7, 11) is 0. The number of hydrogen-bond acceptors (Lipinski definition) is 4. The molecule has 0 atom stereocenters. The van der Waals surface area contributed by atoms with Crippen molar-refractivity contribution in [3.63, 3.8) is 0 Å². The summed E-state index contributed by atoms with van der Waals surface area (Å²) < 4.78 is 34.8. The minimum atomic E-state index is -2.94. The van der Waals surface area contributed by atoms with Gasteiger partial charge in [-0.15, -0.1) is 0 Å². The van der Waals surface area contributed by atoms with Crippen LogP contribution in [-0.4, -0.2) is 24.1 Å². The van der Waals surface area contributed by atoms with Crippen LogP contribution in [0.1, 0.15) is 18.1 Å². The maximum absolute atomic E-state index is 12.5. The van der Waals surface area contributed by atoms with Gasteiger partial charge in [0.05, 0.1) is 0 Å². The summed E-state index contributed by atoms with van der Waals surface area (Å²) in [5.74, 6) is 0.236. The molecule has 1 N–H and O–H groups in total. The lowest BCUT2D eigenvalue weighted by Crippen LogP contribution is -2.06. The molecule has 4 nitrogen and oxygen atoms in total. The first-order valence-corrected chi connectivity index (χ1v) is 9.96. The Morgan fingerprint density at radius 1 is 1.03 bits per heavy atom. The van der Waals surface area contributed by atoms with E-state index in [9.17, 15) is 18.7 Å². The lowest BCUT2D eigenvalue weighted by molar-refractivity contribution is -0.118. The second-order valence-corrected chi connectivity index (χ2v) is 7.61. The fourth-order valence-electron chi connectivity index (χ4n) is 2.99. The van der Waals surface area contributed by atoms with Crippen LogP contribution in [0.4, 0.5) is 8.78 Å². The molecule has 0 aromatic heterocycles. The molecule has 0 saturated heterocycles. The fraction of sp³-hybridized carbons (Fsp3) is 0.174. The summed E-state index contributed by atoms with van der Waals surface area (Å²) in [5, 5.41) is 11.0. The predicted molar refractivity (Wildman–Crippen MR) is 116 cm³/mol. The van der Waals surface area contributed by atoms with Crippen molar-refractivity contribution in [2.24, 2.45) is 0 Å². The molecule has 0 unspecified atom stereocenters. The van der Waals surface area contributed by atoms with Crippen LogP contribution in [-0.2, 0) is 11.2 Å². The van der Waals surface area contributed by atoms with E-state index in [-0.39, 0.29) is 23.9 Å². The molecule has 0 bridgehead atoms. The van der Waals surface area contributed by atoms with Gasteiger partial charge in [-0.2, -0.15) is 8.78 Å². The Bertz CT molecular complexity index is 1080. The van der Waals surface area contributed by atoms with Gasteiger partial charge in [-0.05, 0) is 60.0 Å². The highest BCUT2D eigenvalue weighted by atomic mass is 35.5. The van der Waals surface area contributed by atoms with E-state index in [4.69, 9.17) is 27.9 Å². The fourth-order valence-corrected chi connectivity index (χ4v) is 3.59. The molecular weight excluding hydrogens is 449 g/mol. The molecule has 0 heterocycles. The van der Waals surface area contributed by atoms with E-state index in [0.29, 0.717) is 38.9 Å². The summed E-state index contributed by atoms with van der Waals surface area (Å²) in [4.78, 5) is 11.1. The first-order chi connectivity index (χ1) is 14.7. The Morgan fingerprint density at radius 2 is 1.74 bits per heavy atom. The zero-order valence-corrected chi connectivity index (χ0v) is 17.9. The van der Waals surface area contributed by atoms with Crippen LogP contribution >= 0.6 is 23.2 Å². The van der Waals surface area contributed by atoms with Gasteiger partial charge in [0.25, 0.3) is 0 Å². The molecule has 0 saturated carbocycles. The predicted octanol–water partition coefficient (Wildman–Crippen LogP) is 6.53. The maximum Gasteiger partial charge on any atom is 0.387 e. The zero-order chi connectivity index (χ0) is 22.5. The quantitative estimate of drug-likeness (QED) is 0.410. The molecule has 0 aliphatic heterocycles. The van der Waals surface area contributed by atoms with Crippen LogP contribution in [0.5, 0.6) is 17.2 Å². The minimum absolute atomic E-state index is 0.00968. The third-order valence-electron chi connectivity index (χ3n) is 4.37. The number of carbonyl (C=O) groups excluding carboxylic acids is 1. The number of aromatic hydroxyl groups is 1. The van der Waals surface area contributed by atoms with Crippen LogP contribution < -0.4 is 9.47 Å². The van der Waals surface area contributed by atoms with Crippen molar-refractivity contribution >= 4 is 29.0 Å². The number of ketones is 1. The first-order valence-electron chi connectivity index (χ1n) is 9.20. The molecule has 8 heteroatoms. The summed E-state index contributed by atoms with van der Waals surface area (Å²) in [6.07, 6.45) is 0.352. The Labute approximate surface area is 187 Å². The number of Topliss-reactive ketones (excluding diaryl/α,β-unsaturated/α-hetero) is 1. The summed E-state index contributed by atoms with van der Waals surface area (Å²) in [6, 6.07) is 14.2. The molecule has 3 rings (SSSR count). The number of hydrogen-bond donors (Lipinski definition) is 1. The van der Waals surface area contributed by atoms with Crippen LogP contribution in [0.3, 0.4) is 0 Å². The number of phenolic OH excluding ortho intramolecular Hbond substituents is 1. The van der Waals surface area contributed by atoms with Gasteiger partial charge in [0.15, 0.2) is 5.78 Å². The van der Waals surface area contributed by atoms with Gasteiger partial charge in [0.1, 0.15) is 23.9 Å². The molecule has 0 aliphatic carbocycles. The molecule has 162 valence electrons. The largest absolute Gasteiger partial charge is 0.507 e. The van der Waals surface area contributed by atoms with Crippen molar-refractivity contribution in [3.8, 4) is 28.4 Å². The third kappa shape index (κ3) is 6.09. The van der Waals surface area contributed by atoms with Gasteiger partial charge in [-0.25, -0.2) is 0 Å². The maximum atomic E-state index is 12.5. The topological polar surface area (TPSA) is 55.8 Å². The summed E-state index contributed by atoms with van der Waals surface area (Å²) >= 11 is 12.7. The Morgan fingerprint density at radius 3 is 2.39 bits per heavy atom. The number of alkyl halides is 2. The molecule has 0 radical (unpaired) electrons. The average Bonchev–Trinajstić information content (AvgIpc) is 2.70. The number of phenols is 1. The first kappa shape index (κ1) is 22.8. The number of carbonyl (C=O) groups is 1. The second-order valence-electron chi connectivity index (χ2n) is 6.79. The monoisotopic (exact) mass is 466 g/mol. The van der Waals surface area contributed by atoms with Crippen LogP contribution in [0.25, 0.3) is 11.1 Å². The third-order valence-corrected chi connectivity index (χ3v) is 5.04. The van der Waals surface area contributed by atoms with Crippen LogP contribution in [0, 0.1) is 0 Å². The van der Waals surface area contributed by atoms with Crippen molar-refractivity contribution in [3.05, 3.63) is 75.8 Å². The van der Waals surface area contributed by atoms with Crippen molar-refractivity contribution < 1.29 is 28.2 Å². The van der Waals surface area contributed by atoms with Crippen molar-refractivity contribution in [1.29, 1.82) is 0 Å². The molecular formula is C23H18Cl2F2O4. The van der Waals surface area contributed by atoms with E-state index in [2.05, 4.69) is 4.74 Å². The standard InChI is InChI=1S/C23H18Cl2F2O4/c1-13(28)12-30-17-10-20(24)19(21(25)11-17)8-14-5-6-22(29)18(7-14)15-3-2-4-16(9-15)31-23(26)27/h2-7,9-11,23,29H,8,12H2,1H3. The molecule has 3 aromatic rings. The van der Waals surface area contributed by atoms with Crippen molar-refractivity contribution in [2.75, 3.05) is 6.61 Å². The van der Waals surface area contributed by atoms with E-state index >= 15 is 0 Å². The zero-order valence-electron chi connectivity index (χ0n) is 16.4. The molecule has 3 aromatic carbocycles. The van der Waals surface area contributed by atoms with Gasteiger partial charge in [-0.1, -0.05) is 41.4 Å². The molecule has 0 spiro atoms. The van der Waals surface area contributed by atoms with Gasteiger partial charge in [0, 0.05) is 22.0 Å². The highest BCUT2D eigenvalue weighted by molar-refractivity contribution is 6.36. The summed E-state index contributed by atoms with van der Waals surface area (Å²) in [5.41, 5.74) is 2.40. The molecule has 0 aliphatic rings. The van der Waals surface area contributed by atoms with E-state index < -0.39 is 6.61 Å². The molecule has 0 amide bonds. The van der Waals surface area contributed by atoms with E-state index in [1.807, 2.05) is 0 Å². The Kier molecular flexibility index (Phi) is 7.36. The second kappa shape index (κ2) is 9.98. The number of benzene rings is 3. The van der Waals surface area contributed by atoms with E-state index in [0.717, 1.165) is 5.56 Å². The summed E-state index contributed by atoms with van der Waals surface area (Å²) in [6.45, 7) is -1.61. The Hall–Kier alpha value is -2.83. The molecule has 0 fully saturated rings. The van der Waals surface area contributed by atoms with Crippen LogP contribution in [0.15, 0.2) is 54.6 Å². The lowest BCUT2D eigenvalue weighted by Gasteiger charge is -2.13. The number of rotatable bonds is 8. The molecule has 31 heavy (non-hydrogen) atoms. The Balaban J connectivity index is 1.88. The number of ether oxygens (including phenoxy) is 2. The van der Waals surface area contributed by atoms with Gasteiger partial charge < -0.3 is 14.6 Å². The van der Waals surface area contributed by atoms with Gasteiger partial charge >= 0.3 is 6.61 Å². The SMILES string of the molecule is CC(=O)COc1cc(Cl)c(Cc2ccc(O)c(-c3cccc(OC(F)F)c3)c2)c(Cl)c1. The van der Waals surface area contributed by atoms with Crippen molar-refractivity contribution in [2.45, 2.75) is 20.0 Å². The highest BCUT2D eigenvalue weighted by Gasteiger charge is 2.14. The van der Waals surface area contributed by atoms with Crippen molar-refractivity contribution in [1.82, 2.24) is 0 Å². The normalized spacial score (nSPS) is 10.9. The minimum Gasteiger partial charge on any atom is -0.507 e.